The van der Waals surface area contributed by atoms with Crippen molar-refractivity contribution in [3.05, 3.63) is 107 Å². The number of nitrogens with zero attached hydrogens (tertiary/aromatic N) is 1. The van der Waals surface area contributed by atoms with Crippen molar-refractivity contribution in [2.24, 2.45) is 0 Å². The Balaban J connectivity index is 1.30. The average molecular weight is 621 g/mol. The van der Waals surface area contributed by atoms with Crippen molar-refractivity contribution < 1.29 is 36.7 Å². The Labute approximate surface area is 254 Å². The number of furan rings is 1. The Hall–Kier alpha value is -4.83. The van der Waals surface area contributed by atoms with Crippen LogP contribution in [-0.2, 0) is 26.0 Å². The molecule has 5 aromatic rings. The van der Waals surface area contributed by atoms with Crippen LogP contribution in [-0.4, -0.2) is 17.5 Å². The van der Waals surface area contributed by atoms with E-state index in [2.05, 4.69) is 10.3 Å². The van der Waals surface area contributed by atoms with E-state index in [9.17, 15) is 22.8 Å². The molecule has 2 aromatic heterocycles. The zero-order chi connectivity index (χ0) is 31.1. The third-order valence-corrected chi connectivity index (χ3v) is 7.91. The Morgan fingerprint density at radius 1 is 0.977 bits per heavy atom. The van der Waals surface area contributed by atoms with Gasteiger partial charge in [0.2, 0.25) is 5.71 Å². The highest BCUT2D eigenvalue weighted by Gasteiger charge is 2.47. The van der Waals surface area contributed by atoms with Crippen LogP contribution in [0.15, 0.2) is 89.3 Å². The number of hydrogen-bond donors (Lipinski definition) is 1. The number of carbonyl (C=O) groups excluding carboxylic acids is 2. The summed E-state index contributed by atoms with van der Waals surface area (Å²) in [7, 11) is 0. The molecular formula is C33H24ClF3N2O5. The summed E-state index contributed by atoms with van der Waals surface area (Å²) in [6.45, 7) is 2.12. The molecule has 44 heavy (non-hydrogen) atoms. The molecular weight excluding hydrogens is 597 g/mol. The summed E-state index contributed by atoms with van der Waals surface area (Å²) in [6.07, 6.45) is -4.71. The lowest BCUT2D eigenvalue weighted by atomic mass is 9.99. The molecule has 1 N–H and O–H groups in total. The van der Waals surface area contributed by atoms with E-state index < -0.39 is 29.7 Å². The van der Waals surface area contributed by atoms with Crippen LogP contribution in [0.1, 0.15) is 42.7 Å². The molecule has 1 fully saturated rings. The number of alkyl halides is 3. The van der Waals surface area contributed by atoms with Crippen LogP contribution in [0, 0.1) is 0 Å². The van der Waals surface area contributed by atoms with Gasteiger partial charge in [0.1, 0.15) is 23.1 Å². The minimum Gasteiger partial charge on any atom is -0.456 e. The molecule has 0 spiro atoms. The number of carbonyl (C=O) groups is 2. The van der Waals surface area contributed by atoms with Gasteiger partial charge < -0.3 is 13.9 Å². The molecule has 2 heterocycles. The normalized spacial score (nSPS) is 14.6. The lowest BCUT2D eigenvalue weighted by molar-refractivity contribution is -0.141. The molecule has 1 saturated carbocycles. The third kappa shape index (κ3) is 5.72. The number of aromatic nitrogens is 1. The van der Waals surface area contributed by atoms with Crippen LogP contribution < -0.4 is 5.32 Å². The highest BCUT2D eigenvalue weighted by molar-refractivity contribution is 6.31. The number of benzene rings is 3. The number of fused-ring (bicyclic) bond motifs is 1. The van der Waals surface area contributed by atoms with Crippen molar-refractivity contribution >= 4 is 41.0 Å². The summed E-state index contributed by atoms with van der Waals surface area (Å²) in [4.78, 5) is 27.5. The zero-order valence-corrected chi connectivity index (χ0v) is 23.9. The maximum Gasteiger partial charge on any atom is 0.433 e. The molecule has 3 aromatic carbocycles. The van der Waals surface area contributed by atoms with Crippen molar-refractivity contribution in [3.63, 3.8) is 0 Å². The summed E-state index contributed by atoms with van der Waals surface area (Å²) >= 11 is 6.24. The second-order valence-electron chi connectivity index (χ2n) is 10.4. The molecule has 1 aliphatic carbocycles. The molecule has 1 amide bonds. The van der Waals surface area contributed by atoms with E-state index in [1.54, 1.807) is 43.3 Å². The first-order valence-electron chi connectivity index (χ1n) is 13.6. The van der Waals surface area contributed by atoms with Gasteiger partial charge in [-0.25, -0.2) is 9.78 Å². The van der Waals surface area contributed by atoms with Gasteiger partial charge in [-0.1, -0.05) is 78.3 Å². The SMILES string of the molecule is C[C@@H](OC(=O)Nc1c(-c2ccc(-c3ccc(C4(OC=O)CC4)cc3)cc2)oc2nc(C(F)(F)F)ccc12)c1ccccc1Cl. The van der Waals surface area contributed by atoms with Crippen molar-refractivity contribution in [1.29, 1.82) is 0 Å². The smallest absolute Gasteiger partial charge is 0.433 e. The van der Waals surface area contributed by atoms with E-state index in [1.807, 2.05) is 36.4 Å². The van der Waals surface area contributed by atoms with Crippen molar-refractivity contribution in [2.75, 3.05) is 5.32 Å². The predicted molar refractivity (Wildman–Crippen MR) is 158 cm³/mol. The topological polar surface area (TPSA) is 90.7 Å². The molecule has 11 heteroatoms. The summed E-state index contributed by atoms with van der Waals surface area (Å²) in [5, 5.41) is 3.22. The van der Waals surface area contributed by atoms with E-state index in [0.29, 0.717) is 22.6 Å². The molecule has 0 bridgehead atoms. The molecule has 224 valence electrons. The number of ether oxygens (including phenoxy) is 2. The van der Waals surface area contributed by atoms with Gasteiger partial charge in [0.05, 0.1) is 5.39 Å². The molecule has 0 radical (unpaired) electrons. The minimum absolute atomic E-state index is 0.109. The number of nitrogens with one attached hydrogen (secondary N) is 1. The lowest BCUT2D eigenvalue weighted by Crippen LogP contribution is -2.16. The second-order valence-corrected chi connectivity index (χ2v) is 10.8. The quantitative estimate of drug-likeness (QED) is 0.174. The molecule has 0 unspecified atom stereocenters. The van der Waals surface area contributed by atoms with Crippen LogP contribution in [0.25, 0.3) is 33.6 Å². The summed E-state index contributed by atoms with van der Waals surface area (Å²) in [5.41, 5.74) is 1.90. The van der Waals surface area contributed by atoms with Gasteiger partial charge >= 0.3 is 12.3 Å². The summed E-state index contributed by atoms with van der Waals surface area (Å²) in [6, 6.07) is 23.7. The third-order valence-electron chi connectivity index (χ3n) is 7.57. The molecule has 7 nitrogen and oxygen atoms in total. The number of hydrogen-bond acceptors (Lipinski definition) is 6. The second kappa shape index (κ2) is 11.3. The van der Waals surface area contributed by atoms with Crippen LogP contribution in [0.4, 0.5) is 23.7 Å². The number of pyridine rings is 1. The minimum atomic E-state index is -4.69. The first-order valence-corrected chi connectivity index (χ1v) is 14.0. The maximum absolute atomic E-state index is 13.4. The van der Waals surface area contributed by atoms with Gasteiger partial charge in [-0.3, -0.25) is 10.1 Å². The Bertz CT molecular complexity index is 1850. The first kappa shape index (κ1) is 29.3. The fourth-order valence-electron chi connectivity index (χ4n) is 5.08. The lowest BCUT2D eigenvalue weighted by Gasteiger charge is -2.15. The first-order chi connectivity index (χ1) is 21.1. The maximum atomic E-state index is 13.4. The summed E-state index contributed by atoms with van der Waals surface area (Å²) < 4.78 is 56.8. The Morgan fingerprint density at radius 2 is 1.61 bits per heavy atom. The van der Waals surface area contributed by atoms with Gasteiger partial charge in [0, 0.05) is 16.1 Å². The molecule has 0 aliphatic heterocycles. The van der Waals surface area contributed by atoms with E-state index in [1.165, 1.54) is 6.07 Å². The average Bonchev–Trinajstić information content (AvgIpc) is 3.71. The van der Waals surface area contributed by atoms with Crippen molar-refractivity contribution in [2.45, 2.75) is 37.6 Å². The fourth-order valence-corrected chi connectivity index (χ4v) is 5.37. The van der Waals surface area contributed by atoms with Gasteiger partial charge in [-0.2, -0.15) is 13.2 Å². The molecule has 6 rings (SSSR count). The largest absolute Gasteiger partial charge is 0.456 e. The van der Waals surface area contributed by atoms with Gasteiger partial charge in [0.25, 0.3) is 6.47 Å². The van der Waals surface area contributed by atoms with Crippen molar-refractivity contribution in [1.82, 2.24) is 4.98 Å². The fraction of sp³-hybridized carbons (Fsp3) is 0.182. The number of anilines is 1. The van der Waals surface area contributed by atoms with Gasteiger partial charge in [-0.05, 0) is 54.7 Å². The monoisotopic (exact) mass is 620 g/mol. The van der Waals surface area contributed by atoms with E-state index in [4.69, 9.17) is 25.5 Å². The van der Waals surface area contributed by atoms with E-state index in [0.717, 1.165) is 35.6 Å². The molecule has 1 atom stereocenters. The Kier molecular flexibility index (Phi) is 7.54. The predicted octanol–water partition coefficient (Wildman–Crippen LogP) is 9.31. The van der Waals surface area contributed by atoms with Crippen LogP contribution in [0.2, 0.25) is 5.02 Å². The number of rotatable bonds is 8. The zero-order valence-electron chi connectivity index (χ0n) is 23.2. The van der Waals surface area contributed by atoms with Crippen LogP contribution >= 0.6 is 11.6 Å². The highest BCUT2D eigenvalue weighted by Crippen LogP contribution is 2.49. The van der Waals surface area contributed by atoms with Crippen molar-refractivity contribution in [3.8, 4) is 22.5 Å². The highest BCUT2D eigenvalue weighted by atomic mass is 35.5. The Morgan fingerprint density at radius 3 is 2.23 bits per heavy atom. The molecule has 0 saturated heterocycles. The van der Waals surface area contributed by atoms with Crippen LogP contribution in [0.5, 0.6) is 0 Å². The van der Waals surface area contributed by atoms with E-state index in [-0.39, 0.29) is 22.5 Å². The van der Waals surface area contributed by atoms with E-state index >= 15 is 0 Å². The number of halogens is 4. The van der Waals surface area contributed by atoms with Crippen LogP contribution in [0.3, 0.4) is 0 Å². The standard InChI is InChI=1S/C33H24ClF3N2O5/c1-19(24-4-2-3-5-26(24)34)43-31(41)39-28-25-14-15-27(33(35,36)37)38-30(25)44-29(28)22-8-6-20(7-9-22)21-10-12-23(13-11-21)32(16-17-32)42-18-40/h2-15,18-19H,16-17H2,1H3,(H,39,41)/t19-/m1/s1. The summed E-state index contributed by atoms with van der Waals surface area (Å²) in [5.74, 6) is 0.109. The van der Waals surface area contributed by atoms with Gasteiger partial charge in [-0.15, -0.1) is 0 Å². The number of amides is 1. The molecule has 1 aliphatic rings. The van der Waals surface area contributed by atoms with Gasteiger partial charge in [0.15, 0.2) is 5.76 Å².